The molecule has 0 saturated heterocycles. The lowest BCUT2D eigenvalue weighted by molar-refractivity contribution is -0.0245. The lowest BCUT2D eigenvalue weighted by atomic mass is 9.90. The van der Waals surface area contributed by atoms with Gasteiger partial charge >= 0.3 is 0 Å². The summed E-state index contributed by atoms with van der Waals surface area (Å²) in [5.41, 5.74) is 5.56. The molecule has 0 aliphatic heterocycles. The smallest absolute Gasteiger partial charge is 0.0790 e. The van der Waals surface area contributed by atoms with Crippen LogP contribution in [0.15, 0.2) is 6.20 Å². The van der Waals surface area contributed by atoms with Crippen molar-refractivity contribution in [3.05, 3.63) is 17.5 Å². The molecule has 1 saturated carbocycles. The molecule has 18 heavy (non-hydrogen) atoms. The van der Waals surface area contributed by atoms with Gasteiger partial charge < -0.3 is 0 Å². The summed E-state index contributed by atoms with van der Waals surface area (Å²) in [5, 5.41) is 4.55. The van der Waals surface area contributed by atoms with Gasteiger partial charge in [0.05, 0.1) is 11.8 Å². The van der Waals surface area contributed by atoms with E-state index < -0.39 is 0 Å². The van der Waals surface area contributed by atoms with Crippen molar-refractivity contribution in [2.75, 3.05) is 0 Å². The van der Waals surface area contributed by atoms with Crippen molar-refractivity contribution in [1.29, 1.82) is 0 Å². The number of aromatic nitrogens is 2. The van der Waals surface area contributed by atoms with Crippen LogP contribution < -0.4 is 5.48 Å². The molecule has 1 aliphatic rings. The first-order valence-electron chi connectivity index (χ1n) is 6.88. The molecule has 4 nitrogen and oxygen atoms in total. The number of nitrogens with one attached hydrogen (secondary N) is 1. The maximum Gasteiger partial charge on any atom is 0.0790 e. The highest BCUT2D eigenvalue weighted by Crippen LogP contribution is 2.24. The molecule has 1 fully saturated rings. The van der Waals surface area contributed by atoms with Crippen molar-refractivity contribution in [1.82, 2.24) is 15.3 Å². The zero-order chi connectivity index (χ0) is 13.2. The SMILES string of the molecule is Cn1cc(CNOC2CCCC2)c(C(C)(C)C)n1. The Morgan fingerprint density at radius 2 is 2.06 bits per heavy atom. The minimum Gasteiger partial charge on any atom is -0.298 e. The quantitative estimate of drug-likeness (QED) is 0.836. The van der Waals surface area contributed by atoms with Gasteiger partial charge in [-0.05, 0) is 12.8 Å². The summed E-state index contributed by atoms with van der Waals surface area (Å²) in [6.07, 6.45) is 7.45. The Labute approximate surface area is 110 Å². The maximum absolute atomic E-state index is 5.70. The predicted octanol–water partition coefficient (Wildman–Crippen LogP) is 2.68. The molecule has 1 aromatic heterocycles. The molecule has 1 aliphatic carbocycles. The second-order valence-corrected chi connectivity index (χ2v) is 6.27. The highest BCUT2D eigenvalue weighted by atomic mass is 16.7. The molecule has 0 atom stereocenters. The fourth-order valence-electron chi connectivity index (χ4n) is 2.54. The van der Waals surface area contributed by atoms with Crippen molar-refractivity contribution in [2.24, 2.45) is 7.05 Å². The van der Waals surface area contributed by atoms with Crippen LogP contribution in [0, 0.1) is 0 Å². The topological polar surface area (TPSA) is 39.1 Å². The Balaban J connectivity index is 1.92. The molecule has 0 unspecified atom stereocenters. The highest BCUT2D eigenvalue weighted by molar-refractivity contribution is 5.23. The monoisotopic (exact) mass is 251 g/mol. The van der Waals surface area contributed by atoms with Crippen LogP contribution in [-0.2, 0) is 23.8 Å². The van der Waals surface area contributed by atoms with Crippen LogP contribution >= 0.6 is 0 Å². The zero-order valence-corrected chi connectivity index (χ0v) is 12.0. The summed E-state index contributed by atoms with van der Waals surface area (Å²) in [5.74, 6) is 0. The van der Waals surface area contributed by atoms with E-state index in [-0.39, 0.29) is 5.41 Å². The van der Waals surface area contributed by atoms with Crippen molar-refractivity contribution < 1.29 is 4.84 Å². The van der Waals surface area contributed by atoms with Gasteiger partial charge in [-0.25, -0.2) is 0 Å². The number of hydrogen-bond donors (Lipinski definition) is 1. The third-order valence-electron chi connectivity index (χ3n) is 3.43. The lowest BCUT2D eigenvalue weighted by Gasteiger charge is -2.18. The molecular weight excluding hydrogens is 226 g/mol. The Kier molecular flexibility index (Phi) is 4.07. The van der Waals surface area contributed by atoms with E-state index in [0.717, 1.165) is 12.2 Å². The van der Waals surface area contributed by atoms with Gasteiger partial charge in [-0.3, -0.25) is 9.52 Å². The van der Waals surface area contributed by atoms with E-state index in [2.05, 4.69) is 37.5 Å². The molecule has 0 radical (unpaired) electrons. The predicted molar refractivity (Wildman–Crippen MR) is 72.1 cm³/mol. The first-order valence-corrected chi connectivity index (χ1v) is 6.88. The summed E-state index contributed by atoms with van der Waals surface area (Å²) in [7, 11) is 1.97. The number of hydrogen-bond acceptors (Lipinski definition) is 3. The van der Waals surface area contributed by atoms with E-state index >= 15 is 0 Å². The third kappa shape index (κ3) is 3.33. The fourth-order valence-corrected chi connectivity index (χ4v) is 2.54. The minimum atomic E-state index is 0.0750. The summed E-state index contributed by atoms with van der Waals surface area (Å²) >= 11 is 0. The Hall–Kier alpha value is -0.870. The molecule has 0 aromatic carbocycles. The van der Waals surface area contributed by atoms with Gasteiger partial charge in [0.15, 0.2) is 0 Å². The average molecular weight is 251 g/mol. The maximum atomic E-state index is 5.70. The molecule has 1 N–H and O–H groups in total. The Morgan fingerprint density at radius 3 is 2.67 bits per heavy atom. The molecule has 1 aromatic rings. The highest BCUT2D eigenvalue weighted by Gasteiger charge is 2.22. The van der Waals surface area contributed by atoms with Crippen LogP contribution in [-0.4, -0.2) is 15.9 Å². The molecule has 102 valence electrons. The van der Waals surface area contributed by atoms with Gasteiger partial charge in [-0.1, -0.05) is 33.6 Å². The fraction of sp³-hybridized carbons (Fsp3) is 0.786. The first-order chi connectivity index (χ1) is 8.47. The lowest BCUT2D eigenvalue weighted by Crippen LogP contribution is -2.23. The van der Waals surface area contributed by atoms with Gasteiger partial charge in [0.2, 0.25) is 0 Å². The van der Waals surface area contributed by atoms with Gasteiger partial charge in [0, 0.05) is 30.8 Å². The first kappa shape index (κ1) is 13.6. The molecule has 4 heteroatoms. The van der Waals surface area contributed by atoms with Gasteiger partial charge in [0.25, 0.3) is 0 Å². The second-order valence-electron chi connectivity index (χ2n) is 6.27. The van der Waals surface area contributed by atoms with Crippen molar-refractivity contribution in [3.63, 3.8) is 0 Å². The van der Waals surface area contributed by atoms with Crippen molar-refractivity contribution in [3.8, 4) is 0 Å². The summed E-state index contributed by atoms with van der Waals surface area (Å²) in [6, 6.07) is 0. The van der Waals surface area contributed by atoms with E-state index in [9.17, 15) is 0 Å². The molecule has 1 heterocycles. The van der Waals surface area contributed by atoms with Gasteiger partial charge in [0.1, 0.15) is 0 Å². The Bertz CT molecular complexity index is 386. The van der Waals surface area contributed by atoms with Crippen LogP contribution in [0.25, 0.3) is 0 Å². The van der Waals surface area contributed by atoms with E-state index in [1.165, 1.54) is 31.2 Å². The summed E-state index contributed by atoms with van der Waals surface area (Å²) in [4.78, 5) is 5.70. The van der Waals surface area contributed by atoms with Gasteiger partial charge in [-0.15, -0.1) is 0 Å². The van der Waals surface area contributed by atoms with E-state index in [0.29, 0.717) is 6.10 Å². The van der Waals surface area contributed by atoms with Crippen LogP contribution in [0.3, 0.4) is 0 Å². The van der Waals surface area contributed by atoms with Crippen molar-refractivity contribution >= 4 is 0 Å². The van der Waals surface area contributed by atoms with E-state index in [1.807, 2.05) is 11.7 Å². The number of rotatable bonds is 4. The number of aryl methyl sites for hydroxylation is 1. The molecular formula is C14H25N3O. The molecule has 0 spiro atoms. The molecule has 2 rings (SSSR count). The van der Waals surface area contributed by atoms with Gasteiger partial charge in [-0.2, -0.15) is 10.6 Å². The van der Waals surface area contributed by atoms with Crippen LogP contribution in [0.1, 0.15) is 57.7 Å². The number of hydroxylamine groups is 1. The van der Waals surface area contributed by atoms with Crippen LogP contribution in [0.4, 0.5) is 0 Å². The largest absolute Gasteiger partial charge is 0.298 e. The normalized spacial score (nSPS) is 17.6. The van der Waals surface area contributed by atoms with Crippen LogP contribution in [0.5, 0.6) is 0 Å². The number of nitrogens with zero attached hydrogens (tertiary/aromatic N) is 2. The second kappa shape index (κ2) is 5.41. The molecule has 0 amide bonds. The average Bonchev–Trinajstić information content (AvgIpc) is 2.87. The van der Waals surface area contributed by atoms with E-state index in [4.69, 9.17) is 4.84 Å². The Morgan fingerprint density at radius 1 is 1.39 bits per heavy atom. The minimum absolute atomic E-state index is 0.0750. The summed E-state index contributed by atoms with van der Waals surface area (Å²) in [6.45, 7) is 7.31. The van der Waals surface area contributed by atoms with Crippen molar-refractivity contribution in [2.45, 2.75) is 64.5 Å². The zero-order valence-electron chi connectivity index (χ0n) is 12.0. The molecule has 0 bridgehead atoms. The van der Waals surface area contributed by atoms with Crippen LogP contribution in [0.2, 0.25) is 0 Å². The third-order valence-corrected chi connectivity index (χ3v) is 3.43. The standard InChI is InChI=1S/C14H25N3O/c1-14(2,3)13-11(10-17(4)16-13)9-15-18-12-7-5-6-8-12/h10,12,15H,5-9H2,1-4H3. The van der Waals surface area contributed by atoms with E-state index in [1.54, 1.807) is 0 Å². The summed E-state index contributed by atoms with van der Waals surface area (Å²) < 4.78 is 1.88.